The third kappa shape index (κ3) is 3.24. The normalized spacial score (nSPS) is 37.8. The monoisotopic (exact) mass is 342 g/mol. The van der Waals surface area contributed by atoms with E-state index < -0.39 is 36.0 Å². The molecule has 2 aliphatic carbocycles. The molecule has 4 atom stereocenters. The smallest absolute Gasteiger partial charge is 0.169 e. The van der Waals surface area contributed by atoms with E-state index in [9.17, 15) is 10.2 Å². The second kappa shape index (κ2) is 6.82. The molecule has 4 fully saturated rings. The Morgan fingerprint density at radius 2 is 1.00 bits per heavy atom. The summed E-state index contributed by atoms with van der Waals surface area (Å²) in [6, 6.07) is 0. The number of hydrogen-bond donors (Lipinski definition) is 2. The molecule has 6 heteroatoms. The van der Waals surface area contributed by atoms with Crippen molar-refractivity contribution in [2.24, 2.45) is 0 Å². The molecule has 0 aromatic rings. The zero-order chi connectivity index (χ0) is 16.6. The SMILES string of the molecule is O[C@H]([C@@H](O)[C@H]1COC2(CCCCC2)O1)[C@@H]1COC2(CCCCC2)O1. The molecule has 0 unspecified atom stereocenters. The van der Waals surface area contributed by atoms with Gasteiger partial charge in [-0.25, -0.2) is 0 Å². The van der Waals surface area contributed by atoms with Crippen molar-refractivity contribution in [1.29, 1.82) is 0 Å². The van der Waals surface area contributed by atoms with Crippen molar-refractivity contribution >= 4 is 0 Å². The molecule has 2 heterocycles. The number of aliphatic hydroxyl groups excluding tert-OH is 2. The molecule has 4 rings (SSSR count). The summed E-state index contributed by atoms with van der Waals surface area (Å²) in [4.78, 5) is 0. The third-order valence-electron chi connectivity index (χ3n) is 6.10. The van der Waals surface area contributed by atoms with Crippen LogP contribution >= 0.6 is 0 Å². The van der Waals surface area contributed by atoms with Crippen LogP contribution in [0.2, 0.25) is 0 Å². The first kappa shape index (κ1) is 17.2. The minimum absolute atomic E-state index is 0.330. The van der Waals surface area contributed by atoms with Crippen LogP contribution in [0, 0.1) is 0 Å². The highest BCUT2D eigenvalue weighted by Crippen LogP contribution is 2.41. The Balaban J connectivity index is 1.34. The predicted molar refractivity (Wildman–Crippen MR) is 85.3 cm³/mol. The van der Waals surface area contributed by atoms with Crippen LogP contribution in [0.5, 0.6) is 0 Å². The highest BCUT2D eigenvalue weighted by Gasteiger charge is 2.50. The van der Waals surface area contributed by atoms with Gasteiger partial charge in [0.25, 0.3) is 0 Å². The Morgan fingerprint density at radius 1 is 0.625 bits per heavy atom. The van der Waals surface area contributed by atoms with E-state index >= 15 is 0 Å². The third-order valence-corrected chi connectivity index (χ3v) is 6.10. The number of rotatable bonds is 3. The molecular formula is C18H30O6. The van der Waals surface area contributed by atoms with Crippen molar-refractivity contribution in [3.05, 3.63) is 0 Å². The van der Waals surface area contributed by atoms with Gasteiger partial charge in [-0.3, -0.25) is 0 Å². The van der Waals surface area contributed by atoms with Crippen LogP contribution in [-0.2, 0) is 18.9 Å². The molecule has 6 nitrogen and oxygen atoms in total. The maximum atomic E-state index is 10.6. The molecule has 2 saturated carbocycles. The summed E-state index contributed by atoms with van der Waals surface area (Å²) in [5.74, 6) is -1.08. The topological polar surface area (TPSA) is 77.4 Å². The van der Waals surface area contributed by atoms with E-state index in [2.05, 4.69) is 0 Å². The van der Waals surface area contributed by atoms with Crippen molar-refractivity contribution in [3.63, 3.8) is 0 Å². The molecule has 24 heavy (non-hydrogen) atoms. The van der Waals surface area contributed by atoms with Crippen molar-refractivity contribution in [1.82, 2.24) is 0 Å². The van der Waals surface area contributed by atoms with Gasteiger partial charge in [0.05, 0.1) is 13.2 Å². The number of hydrogen-bond acceptors (Lipinski definition) is 6. The van der Waals surface area contributed by atoms with Crippen LogP contribution in [-0.4, -0.2) is 59.4 Å². The Bertz CT molecular complexity index is 389. The maximum Gasteiger partial charge on any atom is 0.169 e. The predicted octanol–water partition coefficient (Wildman–Crippen LogP) is 1.86. The van der Waals surface area contributed by atoms with E-state index in [4.69, 9.17) is 18.9 Å². The van der Waals surface area contributed by atoms with E-state index in [0.29, 0.717) is 13.2 Å². The molecule has 0 bridgehead atoms. The van der Waals surface area contributed by atoms with Gasteiger partial charge in [-0.15, -0.1) is 0 Å². The molecule has 2 saturated heterocycles. The Hall–Kier alpha value is -0.240. The first-order valence-corrected chi connectivity index (χ1v) is 9.61. The van der Waals surface area contributed by atoms with Crippen molar-refractivity contribution < 1.29 is 29.2 Å². The summed E-state index contributed by atoms with van der Waals surface area (Å²) in [5.41, 5.74) is 0. The summed E-state index contributed by atoms with van der Waals surface area (Å²) >= 11 is 0. The van der Waals surface area contributed by atoms with Crippen molar-refractivity contribution in [2.45, 2.75) is 100 Å². The van der Waals surface area contributed by atoms with E-state index in [1.54, 1.807) is 0 Å². The molecule has 0 aromatic heterocycles. The van der Waals surface area contributed by atoms with Crippen molar-refractivity contribution in [3.8, 4) is 0 Å². The zero-order valence-electron chi connectivity index (χ0n) is 14.3. The summed E-state index contributed by atoms with van der Waals surface area (Å²) in [6.07, 6.45) is 7.25. The zero-order valence-corrected chi connectivity index (χ0v) is 14.3. The van der Waals surface area contributed by atoms with Gasteiger partial charge in [0, 0.05) is 25.7 Å². The molecule has 2 spiro atoms. The first-order chi connectivity index (χ1) is 11.6. The minimum atomic E-state index is -1.02. The molecule has 0 aromatic carbocycles. The fraction of sp³-hybridized carbons (Fsp3) is 1.00. The molecule has 2 aliphatic heterocycles. The van der Waals surface area contributed by atoms with Gasteiger partial charge in [-0.1, -0.05) is 12.8 Å². The highest BCUT2D eigenvalue weighted by molar-refractivity contribution is 4.93. The Morgan fingerprint density at radius 3 is 1.38 bits per heavy atom. The fourth-order valence-corrected chi connectivity index (χ4v) is 4.64. The van der Waals surface area contributed by atoms with Crippen molar-refractivity contribution in [2.75, 3.05) is 13.2 Å². The van der Waals surface area contributed by atoms with Gasteiger partial charge in [0.2, 0.25) is 0 Å². The molecule has 4 aliphatic rings. The van der Waals surface area contributed by atoms with Gasteiger partial charge in [-0.05, 0) is 25.7 Å². The lowest BCUT2D eigenvalue weighted by molar-refractivity contribution is -0.217. The lowest BCUT2D eigenvalue weighted by atomic mass is 9.94. The molecular weight excluding hydrogens is 312 g/mol. The fourth-order valence-electron chi connectivity index (χ4n) is 4.64. The van der Waals surface area contributed by atoms with Gasteiger partial charge in [0.15, 0.2) is 11.6 Å². The van der Waals surface area contributed by atoms with Gasteiger partial charge in [0.1, 0.15) is 24.4 Å². The standard InChI is InChI=1S/C18H30O6/c19-15(13-11-21-17(23-13)7-3-1-4-8-17)16(20)14-12-22-18(24-14)9-5-2-6-10-18/h13-16,19-20H,1-12H2/t13-,14+,15-,16-/m0/s1. The first-order valence-electron chi connectivity index (χ1n) is 9.61. The summed E-state index contributed by atoms with van der Waals surface area (Å²) in [6.45, 7) is 0.661. The van der Waals surface area contributed by atoms with Crippen LogP contribution in [0.15, 0.2) is 0 Å². The highest BCUT2D eigenvalue weighted by atomic mass is 16.8. The molecule has 0 radical (unpaired) electrons. The molecule has 138 valence electrons. The lowest BCUT2D eigenvalue weighted by Gasteiger charge is -2.34. The summed E-state index contributed by atoms with van der Waals surface area (Å²) in [7, 11) is 0. The van der Waals surface area contributed by atoms with Crippen LogP contribution in [0.3, 0.4) is 0 Å². The summed E-state index contributed by atoms with van der Waals surface area (Å²) in [5, 5.41) is 21.2. The molecule has 2 N–H and O–H groups in total. The number of aliphatic hydroxyl groups is 2. The van der Waals surface area contributed by atoms with Gasteiger partial charge >= 0.3 is 0 Å². The Labute approximate surface area is 143 Å². The van der Waals surface area contributed by atoms with E-state index in [0.717, 1.165) is 51.4 Å². The van der Waals surface area contributed by atoms with E-state index in [1.165, 1.54) is 12.8 Å². The Kier molecular flexibility index (Phi) is 4.88. The second-order valence-corrected chi connectivity index (χ2v) is 7.86. The minimum Gasteiger partial charge on any atom is -0.387 e. The van der Waals surface area contributed by atoms with E-state index in [-0.39, 0.29) is 0 Å². The quantitative estimate of drug-likeness (QED) is 0.815. The maximum absolute atomic E-state index is 10.6. The van der Waals surface area contributed by atoms with Crippen LogP contribution in [0.1, 0.15) is 64.2 Å². The van der Waals surface area contributed by atoms with Gasteiger partial charge < -0.3 is 29.2 Å². The van der Waals surface area contributed by atoms with Crippen LogP contribution < -0.4 is 0 Å². The average Bonchev–Trinajstić information content (AvgIpc) is 3.20. The number of ether oxygens (including phenoxy) is 4. The lowest BCUT2D eigenvalue weighted by Crippen LogP contribution is -2.48. The van der Waals surface area contributed by atoms with Crippen LogP contribution in [0.25, 0.3) is 0 Å². The van der Waals surface area contributed by atoms with Crippen LogP contribution in [0.4, 0.5) is 0 Å². The largest absolute Gasteiger partial charge is 0.387 e. The average molecular weight is 342 g/mol. The molecule has 0 amide bonds. The second-order valence-electron chi connectivity index (χ2n) is 7.86. The van der Waals surface area contributed by atoms with E-state index in [1.807, 2.05) is 0 Å². The van der Waals surface area contributed by atoms with Gasteiger partial charge in [-0.2, -0.15) is 0 Å². The summed E-state index contributed by atoms with van der Waals surface area (Å²) < 4.78 is 23.8.